The van der Waals surface area contributed by atoms with E-state index in [1.165, 1.54) is 0 Å². The van der Waals surface area contributed by atoms with Gasteiger partial charge >= 0.3 is 6.03 Å². The van der Waals surface area contributed by atoms with Crippen LogP contribution in [0.2, 0.25) is 0 Å². The van der Waals surface area contributed by atoms with Crippen LogP contribution in [-0.4, -0.2) is 30.4 Å². The van der Waals surface area contributed by atoms with E-state index >= 15 is 0 Å². The lowest BCUT2D eigenvalue weighted by Gasteiger charge is -2.28. The highest BCUT2D eigenvalue weighted by molar-refractivity contribution is 5.90. The highest BCUT2D eigenvalue weighted by atomic mass is 16.5. The Labute approximate surface area is 113 Å². The largest absolute Gasteiger partial charge is 0.497 e. The normalized spacial score (nSPS) is 16.9. The summed E-state index contributed by atoms with van der Waals surface area (Å²) in [6, 6.07) is 6.88. The summed E-state index contributed by atoms with van der Waals surface area (Å²) in [5, 5.41) is 15.1. The first-order valence-electron chi connectivity index (χ1n) is 6.51. The monoisotopic (exact) mass is 264 g/mol. The minimum atomic E-state index is -0.455. The second kappa shape index (κ2) is 5.93. The highest BCUT2D eigenvalue weighted by Gasteiger charge is 2.34. The third-order valence-electron chi connectivity index (χ3n) is 3.57. The molecule has 0 atom stereocenters. The summed E-state index contributed by atoms with van der Waals surface area (Å²) in [6.07, 6.45) is 3.74. The van der Waals surface area contributed by atoms with E-state index in [9.17, 15) is 9.90 Å². The van der Waals surface area contributed by atoms with Crippen LogP contribution in [0, 0.1) is 0 Å². The summed E-state index contributed by atoms with van der Waals surface area (Å²) in [4.78, 5) is 12.0. The zero-order valence-electron chi connectivity index (χ0n) is 11.1. The summed E-state index contributed by atoms with van der Waals surface area (Å²) < 4.78 is 5.10. The number of nitrogens with one attached hydrogen (secondary N) is 2. The van der Waals surface area contributed by atoms with Crippen LogP contribution in [0.3, 0.4) is 0 Å². The molecule has 104 valence electrons. The van der Waals surface area contributed by atoms with Crippen LogP contribution < -0.4 is 15.4 Å². The molecule has 0 radical (unpaired) electrons. The number of rotatable bonds is 4. The molecule has 0 heterocycles. The number of aliphatic hydroxyl groups is 1. The molecular formula is C14H20N2O3. The number of anilines is 1. The van der Waals surface area contributed by atoms with Crippen molar-refractivity contribution in [2.24, 2.45) is 0 Å². The third-order valence-corrected chi connectivity index (χ3v) is 3.57. The molecule has 1 fully saturated rings. The summed E-state index contributed by atoms with van der Waals surface area (Å²) in [7, 11) is 1.58. The first-order chi connectivity index (χ1) is 9.17. The number of aliphatic hydroxyl groups excluding tert-OH is 1. The van der Waals surface area contributed by atoms with Crippen LogP contribution in [0.5, 0.6) is 5.75 Å². The van der Waals surface area contributed by atoms with Gasteiger partial charge in [0.15, 0.2) is 0 Å². The van der Waals surface area contributed by atoms with E-state index in [0.717, 1.165) is 25.7 Å². The molecule has 1 aromatic carbocycles. The second-order valence-corrected chi connectivity index (χ2v) is 4.96. The average Bonchev–Trinajstić information content (AvgIpc) is 2.88. The van der Waals surface area contributed by atoms with Gasteiger partial charge in [-0.2, -0.15) is 0 Å². The topological polar surface area (TPSA) is 70.6 Å². The molecule has 3 N–H and O–H groups in total. The van der Waals surface area contributed by atoms with Gasteiger partial charge in [-0.1, -0.05) is 18.9 Å². The summed E-state index contributed by atoms with van der Waals surface area (Å²) in [6.45, 7) is -0.0153. The maximum Gasteiger partial charge on any atom is 0.319 e. The Balaban J connectivity index is 1.96. The van der Waals surface area contributed by atoms with E-state index in [-0.39, 0.29) is 12.6 Å². The van der Waals surface area contributed by atoms with Gasteiger partial charge in [0.05, 0.1) is 19.3 Å². The van der Waals surface area contributed by atoms with Crippen molar-refractivity contribution in [2.45, 2.75) is 31.2 Å². The molecule has 0 spiro atoms. The van der Waals surface area contributed by atoms with Crippen molar-refractivity contribution in [3.63, 3.8) is 0 Å². The summed E-state index contributed by atoms with van der Waals surface area (Å²) in [5.41, 5.74) is 0.214. The molecule has 1 aromatic rings. The van der Waals surface area contributed by atoms with Gasteiger partial charge in [-0.25, -0.2) is 4.79 Å². The van der Waals surface area contributed by atoms with E-state index in [1.54, 1.807) is 19.2 Å². The lowest BCUT2D eigenvalue weighted by atomic mass is 9.99. The molecule has 0 aliphatic heterocycles. The van der Waals surface area contributed by atoms with E-state index in [1.807, 2.05) is 12.1 Å². The number of hydrogen-bond acceptors (Lipinski definition) is 3. The fraction of sp³-hybridized carbons (Fsp3) is 0.500. The molecule has 0 unspecified atom stereocenters. The van der Waals surface area contributed by atoms with Gasteiger partial charge in [-0.05, 0) is 25.0 Å². The van der Waals surface area contributed by atoms with Crippen LogP contribution in [0.4, 0.5) is 10.5 Å². The van der Waals surface area contributed by atoms with Crippen LogP contribution >= 0.6 is 0 Å². The van der Waals surface area contributed by atoms with Crippen molar-refractivity contribution in [1.82, 2.24) is 5.32 Å². The predicted octanol–water partition coefficient (Wildman–Crippen LogP) is 2.12. The standard InChI is InChI=1S/C14H20N2O3/c1-19-12-6-4-5-11(9-12)15-13(18)16-14(10-17)7-2-3-8-14/h4-6,9,17H,2-3,7-8,10H2,1H3,(H2,15,16,18). The van der Waals surface area contributed by atoms with Crippen molar-refractivity contribution < 1.29 is 14.6 Å². The fourth-order valence-corrected chi connectivity index (χ4v) is 2.48. The Hall–Kier alpha value is -1.75. The maximum atomic E-state index is 12.0. The molecule has 2 amide bonds. The van der Waals surface area contributed by atoms with Crippen molar-refractivity contribution in [2.75, 3.05) is 19.0 Å². The molecule has 5 heteroatoms. The van der Waals surface area contributed by atoms with Gasteiger partial charge in [-0.15, -0.1) is 0 Å². The van der Waals surface area contributed by atoms with Gasteiger partial charge < -0.3 is 20.5 Å². The highest BCUT2D eigenvalue weighted by Crippen LogP contribution is 2.29. The van der Waals surface area contributed by atoms with Gasteiger partial charge in [0.1, 0.15) is 5.75 Å². The van der Waals surface area contributed by atoms with Crippen LogP contribution in [0.25, 0.3) is 0 Å². The molecule has 5 nitrogen and oxygen atoms in total. The maximum absolute atomic E-state index is 12.0. The van der Waals surface area contributed by atoms with E-state index in [0.29, 0.717) is 11.4 Å². The van der Waals surface area contributed by atoms with Crippen molar-refractivity contribution >= 4 is 11.7 Å². The zero-order chi connectivity index (χ0) is 13.7. The van der Waals surface area contributed by atoms with Crippen LogP contribution in [0.15, 0.2) is 24.3 Å². The van der Waals surface area contributed by atoms with E-state index in [4.69, 9.17) is 4.74 Å². The minimum absolute atomic E-state index is 0.0153. The second-order valence-electron chi connectivity index (χ2n) is 4.96. The number of benzene rings is 1. The molecule has 19 heavy (non-hydrogen) atoms. The number of urea groups is 1. The molecule has 1 aliphatic carbocycles. The third kappa shape index (κ3) is 3.38. The quantitative estimate of drug-likeness (QED) is 0.780. The average molecular weight is 264 g/mol. The number of hydrogen-bond donors (Lipinski definition) is 3. The first kappa shape index (κ1) is 13.7. The Morgan fingerprint density at radius 1 is 1.42 bits per heavy atom. The number of carbonyl (C=O) groups is 1. The minimum Gasteiger partial charge on any atom is -0.497 e. The summed E-state index contributed by atoms with van der Waals surface area (Å²) >= 11 is 0. The van der Waals surface area contributed by atoms with Gasteiger partial charge in [0.2, 0.25) is 0 Å². The summed E-state index contributed by atoms with van der Waals surface area (Å²) in [5.74, 6) is 0.690. The zero-order valence-corrected chi connectivity index (χ0v) is 11.1. The molecule has 0 saturated heterocycles. The SMILES string of the molecule is COc1cccc(NC(=O)NC2(CO)CCCC2)c1. The molecular weight excluding hydrogens is 244 g/mol. The molecule has 0 aromatic heterocycles. The molecule has 1 aliphatic rings. The van der Waals surface area contributed by atoms with Crippen molar-refractivity contribution in [3.05, 3.63) is 24.3 Å². The lowest BCUT2D eigenvalue weighted by Crippen LogP contribution is -2.50. The molecule has 2 rings (SSSR count). The van der Waals surface area contributed by atoms with Crippen molar-refractivity contribution in [1.29, 1.82) is 0 Å². The number of ether oxygens (including phenoxy) is 1. The number of methoxy groups -OCH3 is 1. The lowest BCUT2D eigenvalue weighted by molar-refractivity contribution is 0.167. The number of carbonyl (C=O) groups excluding carboxylic acids is 1. The fourth-order valence-electron chi connectivity index (χ4n) is 2.48. The van der Waals surface area contributed by atoms with E-state index in [2.05, 4.69) is 10.6 Å². The Bertz CT molecular complexity index is 442. The van der Waals surface area contributed by atoms with Gasteiger partial charge in [0.25, 0.3) is 0 Å². The Morgan fingerprint density at radius 2 is 2.16 bits per heavy atom. The Morgan fingerprint density at radius 3 is 2.79 bits per heavy atom. The van der Waals surface area contributed by atoms with Gasteiger partial charge in [0, 0.05) is 11.8 Å². The smallest absolute Gasteiger partial charge is 0.319 e. The van der Waals surface area contributed by atoms with Crippen molar-refractivity contribution in [3.8, 4) is 5.75 Å². The van der Waals surface area contributed by atoms with E-state index < -0.39 is 5.54 Å². The van der Waals surface area contributed by atoms with Crippen LogP contribution in [0.1, 0.15) is 25.7 Å². The van der Waals surface area contributed by atoms with Gasteiger partial charge in [-0.3, -0.25) is 0 Å². The van der Waals surface area contributed by atoms with Crippen LogP contribution in [-0.2, 0) is 0 Å². The first-order valence-corrected chi connectivity index (χ1v) is 6.51. The Kier molecular flexibility index (Phi) is 4.27. The number of amides is 2. The molecule has 1 saturated carbocycles. The molecule has 0 bridgehead atoms. The predicted molar refractivity (Wildman–Crippen MR) is 73.4 cm³/mol.